The molecule has 0 bridgehead atoms. The fraction of sp³-hybridized carbons (Fsp3) is 0.680. The van der Waals surface area contributed by atoms with Crippen molar-refractivity contribution in [3.8, 4) is 0 Å². The number of amides is 2. The van der Waals surface area contributed by atoms with Crippen molar-refractivity contribution in [3.05, 3.63) is 35.4 Å². The van der Waals surface area contributed by atoms with Gasteiger partial charge in [0.2, 0.25) is 11.8 Å². The number of fused-ring (bicyclic) bond motifs is 1. The number of carbonyl (C=O) groups is 2. The van der Waals surface area contributed by atoms with Crippen molar-refractivity contribution in [3.63, 3.8) is 0 Å². The van der Waals surface area contributed by atoms with Crippen molar-refractivity contribution in [2.75, 3.05) is 13.1 Å². The van der Waals surface area contributed by atoms with E-state index in [-0.39, 0.29) is 22.8 Å². The Morgan fingerprint density at radius 2 is 1.79 bits per heavy atom. The predicted molar refractivity (Wildman–Crippen MR) is 116 cm³/mol. The molecule has 2 saturated carbocycles. The van der Waals surface area contributed by atoms with Crippen molar-refractivity contribution < 1.29 is 9.59 Å². The molecule has 158 valence electrons. The third kappa shape index (κ3) is 3.71. The molecular formula is C25H36N2O2. The lowest BCUT2D eigenvalue weighted by Crippen LogP contribution is -2.59. The number of likely N-dealkylation sites (tertiary alicyclic amines) is 1. The number of carbonyl (C=O) groups excluding carboxylic acids is 2. The summed E-state index contributed by atoms with van der Waals surface area (Å²) in [7, 11) is 0. The van der Waals surface area contributed by atoms with Gasteiger partial charge in [0.05, 0.1) is 0 Å². The highest BCUT2D eigenvalue weighted by Crippen LogP contribution is 2.59. The lowest BCUT2D eigenvalue weighted by molar-refractivity contribution is -0.144. The molecule has 0 radical (unpaired) electrons. The summed E-state index contributed by atoms with van der Waals surface area (Å²) >= 11 is 0. The zero-order valence-electron chi connectivity index (χ0n) is 18.7. The fourth-order valence-corrected chi connectivity index (χ4v) is 5.61. The van der Waals surface area contributed by atoms with Crippen molar-refractivity contribution in [2.24, 2.45) is 11.8 Å². The predicted octanol–water partition coefficient (Wildman–Crippen LogP) is 4.17. The van der Waals surface area contributed by atoms with Gasteiger partial charge in [-0.05, 0) is 55.1 Å². The van der Waals surface area contributed by atoms with Crippen LogP contribution in [0.1, 0.15) is 77.8 Å². The topological polar surface area (TPSA) is 49.4 Å². The summed E-state index contributed by atoms with van der Waals surface area (Å²) in [5.41, 5.74) is 3.13. The van der Waals surface area contributed by atoms with Crippen LogP contribution >= 0.6 is 0 Å². The van der Waals surface area contributed by atoms with Gasteiger partial charge in [-0.25, -0.2) is 0 Å². The molecule has 1 aromatic rings. The van der Waals surface area contributed by atoms with Gasteiger partial charge in [0, 0.05) is 36.4 Å². The minimum Gasteiger partial charge on any atom is -0.351 e. The maximum atomic E-state index is 13.0. The second-order valence-corrected chi connectivity index (χ2v) is 11.0. The van der Waals surface area contributed by atoms with E-state index in [9.17, 15) is 9.59 Å². The van der Waals surface area contributed by atoms with Gasteiger partial charge < -0.3 is 10.2 Å². The number of hydrogen-bond acceptors (Lipinski definition) is 2. The first-order chi connectivity index (χ1) is 13.6. The Balaban J connectivity index is 1.33. The Morgan fingerprint density at radius 3 is 2.34 bits per heavy atom. The molecule has 2 aliphatic carbocycles. The van der Waals surface area contributed by atoms with E-state index in [0.29, 0.717) is 23.7 Å². The smallest absolute Gasteiger partial charge is 0.225 e. The molecule has 29 heavy (non-hydrogen) atoms. The maximum Gasteiger partial charge on any atom is 0.225 e. The van der Waals surface area contributed by atoms with E-state index in [2.05, 4.69) is 62.2 Å². The zero-order valence-corrected chi connectivity index (χ0v) is 18.7. The van der Waals surface area contributed by atoms with Crippen molar-refractivity contribution in [1.82, 2.24) is 10.2 Å². The molecule has 1 heterocycles. The van der Waals surface area contributed by atoms with E-state index >= 15 is 0 Å². The molecule has 4 nitrogen and oxygen atoms in total. The highest BCUT2D eigenvalue weighted by Gasteiger charge is 2.58. The van der Waals surface area contributed by atoms with Gasteiger partial charge >= 0.3 is 0 Å². The Bertz CT molecular complexity index is 801. The molecule has 3 aliphatic rings. The number of rotatable bonds is 4. The maximum absolute atomic E-state index is 13.0. The summed E-state index contributed by atoms with van der Waals surface area (Å²) in [6.07, 6.45) is 4.34. The van der Waals surface area contributed by atoms with E-state index in [1.54, 1.807) is 0 Å². The minimum absolute atomic E-state index is 0.0782. The molecule has 0 spiro atoms. The molecule has 2 atom stereocenters. The average Bonchev–Trinajstić information content (AvgIpc) is 3.39. The molecule has 4 rings (SSSR count). The van der Waals surface area contributed by atoms with Gasteiger partial charge in [-0.1, -0.05) is 52.0 Å². The Kier molecular flexibility index (Phi) is 4.83. The van der Waals surface area contributed by atoms with Crippen molar-refractivity contribution in [1.29, 1.82) is 0 Å². The minimum atomic E-state index is -0.193. The van der Waals surface area contributed by atoms with Crippen molar-refractivity contribution >= 4 is 11.8 Å². The Morgan fingerprint density at radius 1 is 1.14 bits per heavy atom. The molecular weight excluding hydrogens is 360 g/mol. The SMILES string of the molecule is CCC(=O)NC1(C)CC(C(=O)N2CCC3(c4ccc(C(C)(C)C)cc4)CC3C2)C1. The highest BCUT2D eigenvalue weighted by atomic mass is 16.2. The molecule has 1 aromatic carbocycles. The monoisotopic (exact) mass is 396 g/mol. The summed E-state index contributed by atoms with van der Waals surface area (Å²) < 4.78 is 0. The van der Waals surface area contributed by atoms with Gasteiger partial charge in [0.25, 0.3) is 0 Å². The molecule has 0 aromatic heterocycles. The van der Waals surface area contributed by atoms with Crippen LogP contribution in [0, 0.1) is 11.8 Å². The van der Waals surface area contributed by atoms with E-state index in [0.717, 1.165) is 32.4 Å². The van der Waals surface area contributed by atoms with Crippen LogP contribution in [0.2, 0.25) is 0 Å². The molecule has 1 N–H and O–H groups in total. The molecule has 1 aliphatic heterocycles. The van der Waals surface area contributed by atoms with Gasteiger partial charge in [-0.3, -0.25) is 9.59 Å². The summed E-state index contributed by atoms with van der Waals surface area (Å²) in [6.45, 7) is 12.5. The number of nitrogens with zero attached hydrogens (tertiary/aromatic N) is 1. The molecule has 2 amide bonds. The zero-order chi connectivity index (χ0) is 21.0. The lowest BCUT2D eigenvalue weighted by Gasteiger charge is -2.47. The molecule has 3 fully saturated rings. The number of hydrogen-bond donors (Lipinski definition) is 1. The van der Waals surface area contributed by atoms with Crippen LogP contribution in [-0.4, -0.2) is 35.3 Å². The van der Waals surface area contributed by atoms with Crippen LogP contribution in [-0.2, 0) is 20.4 Å². The lowest BCUT2D eigenvalue weighted by atomic mass is 9.68. The number of benzene rings is 1. The number of piperidine rings is 1. The van der Waals surface area contributed by atoms with Crippen LogP contribution in [0.5, 0.6) is 0 Å². The van der Waals surface area contributed by atoms with Crippen LogP contribution in [0.25, 0.3) is 0 Å². The van der Waals surface area contributed by atoms with E-state index < -0.39 is 0 Å². The van der Waals surface area contributed by atoms with Crippen LogP contribution in [0.3, 0.4) is 0 Å². The second kappa shape index (κ2) is 6.85. The standard InChI is InChI=1S/C25H36N2O2/c1-6-21(28)26-24(5)13-17(14-24)22(29)27-12-11-25(15-20(25)16-27)19-9-7-18(8-10-19)23(2,3)4/h7-10,17,20H,6,11-16H2,1-5H3,(H,26,28). The normalized spacial score (nSPS) is 33.5. The largest absolute Gasteiger partial charge is 0.351 e. The first kappa shape index (κ1) is 20.4. The first-order valence-electron chi connectivity index (χ1n) is 11.3. The molecule has 4 heteroatoms. The fourth-order valence-electron chi connectivity index (χ4n) is 5.61. The van der Waals surface area contributed by atoms with Crippen LogP contribution in [0.15, 0.2) is 24.3 Å². The average molecular weight is 397 g/mol. The van der Waals surface area contributed by atoms with Crippen molar-refractivity contribution in [2.45, 2.75) is 83.1 Å². The third-order valence-electron chi connectivity index (χ3n) is 7.64. The summed E-state index contributed by atoms with van der Waals surface area (Å²) in [5.74, 6) is 1.06. The van der Waals surface area contributed by atoms with Gasteiger partial charge in [0.1, 0.15) is 0 Å². The van der Waals surface area contributed by atoms with E-state index in [1.807, 2.05) is 6.92 Å². The van der Waals surface area contributed by atoms with Gasteiger partial charge in [0.15, 0.2) is 0 Å². The Hall–Kier alpha value is -1.84. The van der Waals surface area contributed by atoms with Crippen LogP contribution < -0.4 is 5.32 Å². The number of nitrogens with one attached hydrogen (secondary N) is 1. The van der Waals surface area contributed by atoms with Gasteiger partial charge in [-0.15, -0.1) is 0 Å². The summed E-state index contributed by atoms with van der Waals surface area (Å²) in [6, 6.07) is 9.23. The first-order valence-corrected chi connectivity index (χ1v) is 11.3. The van der Waals surface area contributed by atoms with Crippen LogP contribution in [0.4, 0.5) is 0 Å². The second-order valence-electron chi connectivity index (χ2n) is 11.0. The van der Waals surface area contributed by atoms with E-state index in [1.165, 1.54) is 17.5 Å². The molecule has 2 unspecified atom stereocenters. The Labute approximate surface area is 175 Å². The molecule has 1 saturated heterocycles. The summed E-state index contributed by atoms with van der Waals surface area (Å²) in [5, 5.41) is 3.08. The summed E-state index contributed by atoms with van der Waals surface area (Å²) in [4.78, 5) is 26.8. The van der Waals surface area contributed by atoms with Gasteiger partial charge in [-0.2, -0.15) is 0 Å². The van der Waals surface area contributed by atoms with E-state index in [4.69, 9.17) is 0 Å². The third-order valence-corrected chi connectivity index (χ3v) is 7.64. The quantitative estimate of drug-likeness (QED) is 0.830. The highest BCUT2D eigenvalue weighted by molar-refractivity contribution is 5.82.